The van der Waals surface area contributed by atoms with Crippen LogP contribution in [0.15, 0.2) is 53.4 Å². The number of carbonyl (C=O) groups is 3. The largest absolute Gasteiger partial charge is 0.497 e. The third-order valence-corrected chi connectivity index (χ3v) is 5.50. The van der Waals surface area contributed by atoms with Crippen LogP contribution in [0.25, 0.3) is 0 Å². The summed E-state index contributed by atoms with van der Waals surface area (Å²) >= 11 is 0. The number of unbranched alkanes of at least 4 members (excludes halogenated alkanes) is 1. The number of ether oxygens (including phenoxy) is 2. The van der Waals surface area contributed by atoms with E-state index in [-0.39, 0.29) is 10.5 Å². The number of nitrogens with one attached hydrogen (secondary N) is 3. The second-order valence-electron chi connectivity index (χ2n) is 6.60. The molecule has 0 saturated heterocycles. The van der Waals surface area contributed by atoms with Crippen molar-refractivity contribution < 1.29 is 32.3 Å². The smallest absolute Gasteiger partial charge is 0.338 e. The Kier molecular flexibility index (Phi) is 9.02. The van der Waals surface area contributed by atoms with Crippen LogP contribution in [-0.2, 0) is 19.6 Å². The van der Waals surface area contributed by atoms with Gasteiger partial charge in [0.05, 0.1) is 17.6 Å². The van der Waals surface area contributed by atoms with Crippen molar-refractivity contribution in [1.29, 1.82) is 0 Å². The summed E-state index contributed by atoms with van der Waals surface area (Å²) in [6, 6.07) is 10.7. The minimum atomic E-state index is -3.98. The first-order valence-corrected chi connectivity index (χ1v) is 11.2. The molecule has 0 unspecified atom stereocenters. The van der Waals surface area contributed by atoms with E-state index >= 15 is 0 Å². The molecule has 2 aromatic carbocycles. The molecule has 172 valence electrons. The molecule has 10 nitrogen and oxygen atoms in total. The van der Waals surface area contributed by atoms with Crippen molar-refractivity contribution in [3.05, 3.63) is 54.1 Å². The molecule has 0 aliphatic heterocycles. The normalized spacial score (nSPS) is 10.7. The van der Waals surface area contributed by atoms with Gasteiger partial charge in [0, 0.05) is 12.2 Å². The Morgan fingerprint density at radius 3 is 2.41 bits per heavy atom. The molecule has 0 atom stereocenters. The molecule has 0 saturated carbocycles. The zero-order valence-electron chi connectivity index (χ0n) is 17.7. The number of sulfonamides is 1. The van der Waals surface area contributed by atoms with Crippen LogP contribution in [0.4, 0.5) is 10.5 Å². The van der Waals surface area contributed by atoms with Crippen molar-refractivity contribution >= 4 is 33.6 Å². The summed E-state index contributed by atoms with van der Waals surface area (Å²) in [6.07, 6.45) is 1.65. The fourth-order valence-corrected chi connectivity index (χ4v) is 3.57. The van der Waals surface area contributed by atoms with E-state index in [4.69, 9.17) is 9.47 Å². The molecule has 3 amide bonds. The van der Waals surface area contributed by atoms with Gasteiger partial charge < -0.3 is 14.8 Å². The van der Waals surface area contributed by atoms with Crippen LogP contribution in [0.3, 0.4) is 0 Å². The van der Waals surface area contributed by atoms with Crippen LogP contribution < -0.4 is 20.1 Å². The number of amides is 3. The first-order chi connectivity index (χ1) is 15.2. The van der Waals surface area contributed by atoms with Gasteiger partial charge in [-0.1, -0.05) is 19.4 Å². The Balaban J connectivity index is 1.96. The molecule has 0 spiro atoms. The number of hydrogen-bond donors (Lipinski definition) is 3. The SMILES string of the molecule is CCCCNC(=O)NC(=O)COC(=O)c1cccc(S(=O)(=O)Nc2ccc(OC)cc2)c1. The third kappa shape index (κ3) is 7.58. The molecular weight excluding hydrogens is 438 g/mol. The van der Waals surface area contributed by atoms with Crippen LogP contribution in [-0.4, -0.2) is 46.6 Å². The number of carbonyl (C=O) groups excluding carboxylic acids is 3. The van der Waals surface area contributed by atoms with E-state index in [2.05, 4.69) is 10.0 Å². The van der Waals surface area contributed by atoms with Gasteiger partial charge in [-0.2, -0.15) is 0 Å². The second kappa shape index (κ2) is 11.7. The molecule has 32 heavy (non-hydrogen) atoms. The van der Waals surface area contributed by atoms with E-state index in [1.807, 2.05) is 12.2 Å². The Labute approximate surface area is 186 Å². The monoisotopic (exact) mass is 463 g/mol. The maximum atomic E-state index is 12.6. The summed E-state index contributed by atoms with van der Waals surface area (Å²) in [5, 5.41) is 4.53. The molecule has 2 aromatic rings. The molecule has 0 bridgehead atoms. The third-order valence-electron chi connectivity index (χ3n) is 4.13. The van der Waals surface area contributed by atoms with Gasteiger partial charge in [0.2, 0.25) is 0 Å². The van der Waals surface area contributed by atoms with Crippen LogP contribution >= 0.6 is 0 Å². The van der Waals surface area contributed by atoms with E-state index in [1.54, 1.807) is 12.1 Å². The summed E-state index contributed by atoms with van der Waals surface area (Å²) < 4.78 is 37.5. The number of esters is 1. The number of rotatable bonds is 10. The highest BCUT2D eigenvalue weighted by Crippen LogP contribution is 2.20. The van der Waals surface area contributed by atoms with E-state index in [9.17, 15) is 22.8 Å². The van der Waals surface area contributed by atoms with Gasteiger partial charge in [-0.05, 0) is 48.9 Å². The minimum Gasteiger partial charge on any atom is -0.497 e. The lowest BCUT2D eigenvalue weighted by atomic mass is 10.2. The molecule has 0 aliphatic rings. The van der Waals surface area contributed by atoms with Crippen molar-refractivity contribution in [3.8, 4) is 5.75 Å². The van der Waals surface area contributed by atoms with E-state index in [0.717, 1.165) is 18.9 Å². The lowest BCUT2D eigenvalue weighted by molar-refractivity contribution is -0.123. The topological polar surface area (TPSA) is 140 Å². The van der Waals surface area contributed by atoms with Gasteiger partial charge in [0.1, 0.15) is 5.75 Å². The van der Waals surface area contributed by atoms with Crippen LogP contribution in [0.2, 0.25) is 0 Å². The summed E-state index contributed by atoms with van der Waals surface area (Å²) in [7, 11) is -2.48. The Morgan fingerprint density at radius 1 is 1.03 bits per heavy atom. The zero-order valence-corrected chi connectivity index (χ0v) is 18.5. The predicted molar refractivity (Wildman–Crippen MR) is 117 cm³/mol. The quantitative estimate of drug-likeness (QED) is 0.363. The molecule has 0 aliphatic carbocycles. The predicted octanol–water partition coefficient (Wildman–Crippen LogP) is 2.28. The highest BCUT2D eigenvalue weighted by atomic mass is 32.2. The van der Waals surface area contributed by atoms with Crippen molar-refractivity contribution in [3.63, 3.8) is 0 Å². The fraction of sp³-hybridized carbons (Fsp3) is 0.286. The fourth-order valence-electron chi connectivity index (χ4n) is 2.46. The highest BCUT2D eigenvalue weighted by molar-refractivity contribution is 7.92. The molecular formula is C21H25N3O7S. The van der Waals surface area contributed by atoms with Crippen molar-refractivity contribution in [1.82, 2.24) is 10.6 Å². The minimum absolute atomic E-state index is 0.0668. The summed E-state index contributed by atoms with van der Waals surface area (Å²) in [5.74, 6) is -1.15. The first-order valence-electron chi connectivity index (χ1n) is 9.77. The van der Waals surface area contributed by atoms with Crippen molar-refractivity contribution in [2.75, 3.05) is 25.0 Å². The van der Waals surface area contributed by atoms with E-state index in [1.165, 1.54) is 37.4 Å². The van der Waals surface area contributed by atoms with Crippen LogP contribution in [0.1, 0.15) is 30.1 Å². The number of methoxy groups -OCH3 is 1. The molecule has 0 fully saturated rings. The number of urea groups is 1. The Hall–Kier alpha value is -3.60. The van der Waals surface area contributed by atoms with Gasteiger partial charge >= 0.3 is 12.0 Å². The lowest BCUT2D eigenvalue weighted by Crippen LogP contribution is -2.41. The highest BCUT2D eigenvalue weighted by Gasteiger charge is 2.18. The standard InChI is InChI=1S/C21H25N3O7S/c1-3-4-12-22-21(27)23-19(25)14-31-20(26)15-6-5-7-18(13-15)32(28,29)24-16-8-10-17(30-2)11-9-16/h5-11,13,24H,3-4,12,14H2,1-2H3,(H2,22,23,25,27). The maximum absolute atomic E-state index is 12.6. The van der Waals surface area contributed by atoms with Gasteiger partial charge in [-0.3, -0.25) is 14.8 Å². The summed E-state index contributed by atoms with van der Waals surface area (Å²) in [6.45, 7) is 1.68. The maximum Gasteiger partial charge on any atom is 0.338 e. The molecule has 11 heteroatoms. The van der Waals surface area contributed by atoms with Gasteiger partial charge in [-0.25, -0.2) is 18.0 Å². The van der Waals surface area contributed by atoms with Crippen molar-refractivity contribution in [2.45, 2.75) is 24.7 Å². The molecule has 3 N–H and O–H groups in total. The summed E-state index contributed by atoms with van der Waals surface area (Å²) in [5.41, 5.74) is 0.246. The van der Waals surface area contributed by atoms with Crippen molar-refractivity contribution in [2.24, 2.45) is 0 Å². The van der Waals surface area contributed by atoms with Crippen LogP contribution in [0, 0.1) is 0 Å². The number of anilines is 1. The average Bonchev–Trinajstić information content (AvgIpc) is 2.78. The molecule has 0 heterocycles. The summed E-state index contributed by atoms with van der Waals surface area (Å²) in [4.78, 5) is 35.3. The molecule has 0 radical (unpaired) electrons. The molecule has 2 rings (SSSR count). The van der Waals surface area contributed by atoms with Crippen LogP contribution in [0.5, 0.6) is 5.75 Å². The van der Waals surface area contributed by atoms with E-state index < -0.39 is 34.5 Å². The average molecular weight is 464 g/mol. The molecule has 0 aromatic heterocycles. The van der Waals surface area contributed by atoms with Gasteiger partial charge in [0.25, 0.3) is 15.9 Å². The first kappa shape index (κ1) is 24.7. The lowest BCUT2D eigenvalue weighted by Gasteiger charge is -2.10. The van der Waals surface area contributed by atoms with Gasteiger partial charge in [0.15, 0.2) is 6.61 Å². The number of imide groups is 1. The zero-order chi connectivity index (χ0) is 23.6. The Bertz CT molecular complexity index is 1050. The van der Waals surface area contributed by atoms with E-state index in [0.29, 0.717) is 18.0 Å². The number of hydrogen-bond acceptors (Lipinski definition) is 7. The Morgan fingerprint density at radius 2 is 1.75 bits per heavy atom. The number of benzene rings is 2. The van der Waals surface area contributed by atoms with Gasteiger partial charge in [-0.15, -0.1) is 0 Å². The second-order valence-corrected chi connectivity index (χ2v) is 8.28.